The number of hydrogen-bond acceptors (Lipinski definition) is 3. The molecule has 1 aliphatic carbocycles. The standard InChI is InChI=1S/C28H26N4O2/c33-27(23-16-17-23)29-26-18-25(30-32(26)24-14-8-3-9-15-24)28(34)31(19-21-10-4-1-5-11-21)20-22-12-6-2-7-13-22/h1-15,18,23H,16-17,19-20H2,(H,29,33). The Morgan fingerprint density at radius 3 is 1.88 bits per heavy atom. The zero-order valence-corrected chi connectivity index (χ0v) is 18.8. The Bertz CT molecular complexity index is 1220. The predicted molar refractivity (Wildman–Crippen MR) is 131 cm³/mol. The minimum Gasteiger partial charge on any atom is -0.329 e. The average molecular weight is 451 g/mol. The quantitative estimate of drug-likeness (QED) is 0.408. The van der Waals surface area contributed by atoms with E-state index in [9.17, 15) is 9.59 Å². The molecule has 1 fully saturated rings. The Hall–Kier alpha value is -4.19. The average Bonchev–Trinajstić information content (AvgIpc) is 3.66. The summed E-state index contributed by atoms with van der Waals surface area (Å²) in [6, 6.07) is 31.0. The SMILES string of the molecule is O=C(Nc1cc(C(=O)N(Cc2ccccc2)Cc2ccccc2)nn1-c1ccccc1)C1CC1. The summed E-state index contributed by atoms with van der Waals surface area (Å²) in [7, 11) is 0. The van der Waals surface area contributed by atoms with Gasteiger partial charge in [-0.25, -0.2) is 4.68 Å². The molecule has 0 unspecified atom stereocenters. The maximum atomic E-state index is 13.7. The van der Waals surface area contributed by atoms with Gasteiger partial charge in [-0.2, -0.15) is 5.10 Å². The van der Waals surface area contributed by atoms with Gasteiger partial charge < -0.3 is 10.2 Å². The van der Waals surface area contributed by atoms with E-state index < -0.39 is 0 Å². The van der Waals surface area contributed by atoms with Crippen LogP contribution in [0.2, 0.25) is 0 Å². The van der Waals surface area contributed by atoms with E-state index in [0.29, 0.717) is 24.6 Å². The molecule has 5 rings (SSSR count). The number of hydrogen-bond donors (Lipinski definition) is 1. The highest BCUT2D eigenvalue weighted by molar-refractivity contribution is 5.97. The topological polar surface area (TPSA) is 67.2 Å². The molecule has 3 aromatic carbocycles. The Kier molecular flexibility index (Phi) is 6.21. The maximum absolute atomic E-state index is 13.7. The van der Waals surface area contributed by atoms with Crippen LogP contribution in [0.5, 0.6) is 0 Å². The van der Waals surface area contributed by atoms with Crippen LogP contribution in [0.4, 0.5) is 5.82 Å². The van der Waals surface area contributed by atoms with Crippen LogP contribution < -0.4 is 5.32 Å². The lowest BCUT2D eigenvalue weighted by Crippen LogP contribution is -2.30. The van der Waals surface area contributed by atoms with Gasteiger partial charge in [-0.3, -0.25) is 9.59 Å². The number of benzene rings is 3. The molecule has 0 saturated heterocycles. The minimum absolute atomic E-state index is 0.0264. The highest BCUT2D eigenvalue weighted by atomic mass is 16.2. The summed E-state index contributed by atoms with van der Waals surface area (Å²) in [5.74, 6) is 0.336. The summed E-state index contributed by atoms with van der Waals surface area (Å²) >= 11 is 0. The molecular weight excluding hydrogens is 424 g/mol. The first kappa shape index (κ1) is 21.6. The summed E-state index contributed by atoms with van der Waals surface area (Å²) in [6.45, 7) is 0.910. The fraction of sp³-hybridized carbons (Fsp3) is 0.179. The van der Waals surface area contributed by atoms with Crippen LogP contribution in [-0.4, -0.2) is 26.5 Å². The molecule has 0 bridgehead atoms. The van der Waals surface area contributed by atoms with Gasteiger partial charge in [0.1, 0.15) is 5.82 Å². The number of para-hydroxylation sites is 1. The van der Waals surface area contributed by atoms with Gasteiger partial charge in [-0.05, 0) is 36.1 Å². The predicted octanol–water partition coefficient (Wildman–Crippen LogP) is 5.06. The van der Waals surface area contributed by atoms with Crippen LogP contribution >= 0.6 is 0 Å². The van der Waals surface area contributed by atoms with Gasteiger partial charge >= 0.3 is 0 Å². The fourth-order valence-electron chi connectivity index (χ4n) is 3.88. The molecule has 0 aliphatic heterocycles. The van der Waals surface area contributed by atoms with Gasteiger partial charge in [0, 0.05) is 25.1 Å². The smallest absolute Gasteiger partial charge is 0.275 e. The second kappa shape index (κ2) is 9.75. The van der Waals surface area contributed by atoms with E-state index in [1.807, 2.05) is 91.0 Å². The van der Waals surface area contributed by atoms with Crippen molar-refractivity contribution in [2.75, 3.05) is 5.32 Å². The molecule has 0 radical (unpaired) electrons. The van der Waals surface area contributed by atoms with E-state index in [1.165, 1.54) is 0 Å². The number of rotatable bonds is 8. The summed E-state index contributed by atoms with van der Waals surface area (Å²) in [4.78, 5) is 28.0. The van der Waals surface area contributed by atoms with Crippen molar-refractivity contribution in [2.45, 2.75) is 25.9 Å². The van der Waals surface area contributed by atoms with Crippen LogP contribution in [0.25, 0.3) is 5.69 Å². The van der Waals surface area contributed by atoms with Crippen molar-refractivity contribution in [3.63, 3.8) is 0 Å². The molecule has 2 amide bonds. The van der Waals surface area contributed by atoms with Crippen LogP contribution in [0, 0.1) is 5.92 Å². The zero-order valence-electron chi connectivity index (χ0n) is 18.8. The van der Waals surface area contributed by atoms with E-state index in [4.69, 9.17) is 0 Å². The van der Waals surface area contributed by atoms with Crippen LogP contribution in [-0.2, 0) is 17.9 Å². The Balaban J connectivity index is 1.48. The first-order valence-electron chi connectivity index (χ1n) is 11.5. The van der Waals surface area contributed by atoms with Crippen molar-refractivity contribution in [2.24, 2.45) is 5.92 Å². The number of nitrogens with zero attached hydrogens (tertiary/aromatic N) is 3. The van der Waals surface area contributed by atoms with Crippen LogP contribution in [0.15, 0.2) is 97.1 Å². The Morgan fingerprint density at radius 2 is 1.35 bits per heavy atom. The van der Waals surface area contributed by atoms with Crippen molar-refractivity contribution in [1.82, 2.24) is 14.7 Å². The minimum atomic E-state index is -0.190. The lowest BCUT2D eigenvalue weighted by atomic mass is 10.1. The number of anilines is 1. The molecule has 1 aliphatic rings. The second-order valence-electron chi connectivity index (χ2n) is 8.56. The van der Waals surface area contributed by atoms with Crippen molar-refractivity contribution in [3.8, 4) is 5.69 Å². The number of amides is 2. The molecule has 0 spiro atoms. The van der Waals surface area contributed by atoms with Gasteiger partial charge in [0.05, 0.1) is 5.69 Å². The summed E-state index contributed by atoms with van der Waals surface area (Å²) < 4.78 is 1.64. The van der Waals surface area contributed by atoms with E-state index >= 15 is 0 Å². The Morgan fingerprint density at radius 1 is 0.824 bits per heavy atom. The van der Waals surface area contributed by atoms with Crippen molar-refractivity contribution in [1.29, 1.82) is 0 Å². The molecular formula is C28H26N4O2. The molecule has 4 aromatic rings. The maximum Gasteiger partial charge on any atom is 0.275 e. The molecule has 1 heterocycles. The molecule has 1 N–H and O–H groups in total. The highest BCUT2D eigenvalue weighted by Gasteiger charge is 2.31. The number of carbonyl (C=O) groups excluding carboxylic acids is 2. The molecule has 170 valence electrons. The van der Waals surface area contributed by atoms with Crippen molar-refractivity contribution < 1.29 is 9.59 Å². The van der Waals surface area contributed by atoms with Gasteiger partial charge in [-0.15, -0.1) is 0 Å². The summed E-state index contributed by atoms with van der Waals surface area (Å²) in [6.07, 6.45) is 1.80. The van der Waals surface area contributed by atoms with Crippen LogP contribution in [0.3, 0.4) is 0 Å². The monoisotopic (exact) mass is 450 g/mol. The summed E-state index contributed by atoms with van der Waals surface area (Å²) in [5, 5.41) is 7.60. The lowest BCUT2D eigenvalue weighted by molar-refractivity contribution is -0.117. The first-order valence-corrected chi connectivity index (χ1v) is 11.5. The molecule has 6 heteroatoms. The van der Waals surface area contributed by atoms with E-state index in [1.54, 1.807) is 15.6 Å². The van der Waals surface area contributed by atoms with E-state index in [0.717, 1.165) is 29.7 Å². The van der Waals surface area contributed by atoms with E-state index in [-0.39, 0.29) is 17.7 Å². The third-order valence-electron chi connectivity index (χ3n) is 5.85. The van der Waals surface area contributed by atoms with Crippen LogP contribution in [0.1, 0.15) is 34.5 Å². The van der Waals surface area contributed by atoms with Gasteiger partial charge in [0.25, 0.3) is 5.91 Å². The first-order chi connectivity index (χ1) is 16.7. The number of carbonyl (C=O) groups is 2. The van der Waals surface area contributed by atoms with Crippen molar-refractivity contribution >= 4 is 17.6 Å². The summed E-state index contributed by atoms with van der Waals surface area (Å²) in [5.41, 5.74) is 3.15. The molecule has 1 saturated carbocycles. The molecule has 6 nitrogen and oxygen atoms in total. The molecule has 34 heavy (non-hydrogen) atoms. The van der Waals surface area contributed by atoms with Gasteiger partial charge in [0.15, 0.2) is 5.69 Å². The van der Waals surface area contributed by atoms with Crippen molar-refractivity contribution in [3.05, 3.63) is 114 Å². The van der Waals surface area contributed by atoms with Gasteiger partial charge in [-0.1, -0.05) is 78.9 Å². The van der Waals surface area contributed by atoms with Gasteiger partial charge in [0.2, 0.25) is 5.91 Å². The third kappa shape index (κ3) is 5.07. The largest absolute Gasteiger partial charge is 0.329 e. The number of nitrogens with one attached hydrogen (secondary N) is 1. The lowest BCUT2D eigenvalue weighted by Gasteiger charge is -2.22. The highest BCUT2D eigenvalue weighted by Crippen LogP contribution is 2.31. The number of aromatic nitrogens is 2. The Labute approximate surface area is 198 Å². The van der Waals surface area contributed by atoms with E-state index in [2.05, 4.69) is 10.4 Å². The molecule has 1 aromatic heterocycles. The zero-order chi connectivity index (χ0) is 23.3. The second-order valence-corrected chi connectivity index (χ2v) is 8.56. The fourth-order valence-corrected chi connectivity index (χ4v) is 3.88. The normalized spacial score (nSPS) is 12.8. The third-order valence-corrected chi connectivity index (χ3v) is 5.85. The molecule has 0 atom stereocenters.